The average molecular weight is 385 g/mol. The van der Waals surface area contributed by atoms with Crippen molar-refractivity contribution < 1.29 is 19.7 Å². The van der Waals surface area contributed by atoms with Crippen molar-refractivity contribution in [3.8, 4) is 0 Å². The molecule has 0 saturated heterocycles. The number of allylic oxidation sites excluding steroid dienone is 1. The molecular formula is C23H44O4. The third kappa shape index (κ3) is 19.7. The molecule has 0 aliphatic heterocycles. The number of carbonyl (C=O) groups is 1. The van der Waals surface area contributed by atoms with Crippen molar-refractivity contribution in [2.45, 2.75) is 129 Å². The minimum absolute atomic E-state index is 0.234. The number of esters is 1. The average Bonchev–Trinajstić information content (AvgIpc) is 2.56. The molecule has 0 aromatic carbocycles. The second-order valence-corrected chi connectivity index (χ2v) is 8.05. The minimum atomic E-state index is -2.48. The third-order valence-electron chi connectivity index (χ3n) is 4.73. The number of hydrogen-bond acceptors (Lipinski definition) is 4. The van der Waals surface area contributed by atoms with Gasteiger partial charge < -0.3 is 14.9 Å². The Hall–Kier alpha value is -0.870. The number of rotatable bonds is 18. The van der Waals surface area contributed by atoms with Crippen molar-refractivity contribution in [2.24, 2.45) is 0 Å². The van der Waals surface area contributed by atoms with Crippen LogP contribution in [0.2, 0.25) is 0 Å². The van der Waals surface area contributed by atoms with Crippen molar-refractivity contribution in [1.29, 1.82) is 0 Å². The van der Waals surface area contributed by atoms with E-state index in [1.54, 1.807) is 13.8 Å². The lowest BCUT2D eigenvalue weighted by atomic mass is 10.0. The molecule has 4 nitrogen and oxygen atoms in total. The van der Waals surface area contributed by atoms with E-state index >= 15 is 0 Å². The Morgan fingerprint density at radius 1 is 0.741 bits per heavy atom. The van der Waals surface area contributed by atoms with E-state index in [0.29, 0.717) is 5.57 Å². The summed E-state index contributed by atoms with van der Waals surface area (Å²) in [6.45, 7) is 5.69. The van der Waals surface area contributed by atoms with Gasteiger partial charge in [0.25, 0.3) is 0 Å². The number of unbranched alkanes of at least 4 members (excludes halogenated alkanes) is 14. The van der Waals surface area contributed by atoms with Crippen LogP contribution >= 0.6 is 0 Å². The van der Waals surface area contributed by atoms with E-state index in [4.69, 9.17) is 0 Å². The van der Waals surface area contributed by atoms with E-state index in [9.17, 15) is 15.0 Å². The zero-order chi connectivity index (χ0) is 20.4. The van der Waals surface area contributed by atoms with E-state index in [-0.39, 0.29) is 6.42 Å². The summed E-state index contributed by atoms with van der Waals surface area (Å²) in [7, 11) is 0. The van der Waals surface area contributed by atoms with Crippen LogP contribution < -0.4 is 0 Å². The van der Waals surface area contributed by atoms with E-state index in [1.807, 2.05) is 0 Å². The maximum absolute atomic E-state index is 11.6. The van der Waals surface area contributed by atoms with Gasteiger partial charge in [0.2, 0.25) is 0 Å². The Morgan fingerprint density at radius 2 is 1.11 bits per heavy atom. The SMILES string of the molecule is CCCCCCCCCCCCCCCCCC(=O)OC(O)(O)C=C(C)C. The van der Waals surface area contributed by atoms with Crippen molar-refractivity contribution in [1.82, 2.24) is 0 Å². The Balaban J connectivity index is 3.36. The Bertz CT molecular complexity index is 384. The molecular weight excluding hydrogens is 340 g/mol. The number of ether oxygens (including phenoxy) is 1. The van der Waals surface area contributed by atoms with Gasteiger partial charge in [-0.15, -0.1) is 0 Å². The van der Waals surface area contributed by atoms with Gasteiger partial charge in [0.1, 0.15) is 0 Å². The highest BCUT2D eigenvalue weighted by Gasteiger charge is 2.24. The maximum Gasteiger partial charge on any atom is 0.346 e. The fourth-order valence-corrected chi connectivity index (χ4v) is 3.26. The smallest absolute Gasteiger partial charge is 0.346 e. The summed E-state index contributed by atoms with van der Waals surface area (Å²) in [4.78, 5) is 11.6. The lowest BCUT2D eigenvalue weighted by Gasteiger charge is -2.18. The van der Waals surface area contributed by atoms with Gasteiger partial charge in [0, 0.05) is 12.5 Å². The highest BCUT2D eigenvalue weighted by Crippen LogP contribution is 2.15. The standard InChI is InChI=1S/C23H44O4/c1-4-5-6-7-8-9-10-11-12-13-14-15-16-17-18-19-22(24)27-23(25,26)20-21(2)3/h20,25-26H,4-19H2,1-3H3. The normalized spacial score (nSPS) is 11.4. The lowest BCUT2D eigenvalue weighted by Crippen LogP contribution is -2.32. The van der Waals surface area contributed by atoms with E-state index < -0.39 is 11.9 Å². The summed E-state index contributed by atoms with van der Waals surface area (Å²) in [5.41, 5.74) is 0.680. The third-order valence-corrected chi connectivity index (χ3v) is 4.73. The van der Waals surface area contributed by atoms with Crippen LogP contribution in [0.25, 0.3) is 0 Å². The van der Waals surface area contributed by atoms with Crippen LogP contribution in [0.3, 0.4) is 0 Å². The molecule has 0 radical (unpaired) electrons. The molecule has 0 heterocycles. The Morgan fingerprint density at radius 3 is 1.48 bits per heavy atom. The zero-order valence-electron chi connectivity index (χ0n) is 18.1. The molecule has 0 rings (SSSR count). The van der Waals surface area contributed by atoms with Gasteiger partial charge in [0.05, 0.1) is 0 Å². The molecule has 0 aliphatic carbocycles. The first-order valence-electron chi connectivity index (χ1n) is 11.2. The number of hydrogen-bond donors (Lipinski definition) is 2. The Kier molecular flexibility index (Phi) is 16.7. The fraction of sp³-hybridized carbons (Fsp3) is 0.870. The first-order valence-corrected chi connectivity index (χ1v) is 11.2. The largest absolute Gasteiger partial charge is 0.405 e. The van der Waals surface area contributed by atoms with Gasteiger partial charge >= 0.3 is 11.9 Å². The molecule has 4 heteroatoms. The lowest BCUT2D eigenvalue weighted by molar-refractivity contribution is -0.287. The predicted molar refractivity (Wildman–Crippen MR) is 112 cm³/mol. The Labute approximate surface area is 167 Å². The number of aliphatic hydroxyl groups is 2. The van der Waals surface area contributed by atoms with E-state index in [2.05, 4.69) is 11.7 Å². The van der Waals surface area contributed by atoms with Crippen molar-refractivity contribution >= 4 is 5.97 Å². The molecule has 0 spiro atoms. The highest BCUT2D eigenvalue weighted by molar-refractivity contribution is 5.69. The highest BCUT2D eigenvalue weighted by atomic mass is 16.8. The second-order valence-electron chi connectivity index (χ2n) is 8.05. The fourth-order valence-electron chi connectivity index (χ4n) is 3.26. The van der Waals surface area contributed by atoms with Crippen LogP contribution in [0.15, 0.2) is 11.6 Å². The first kappa shape index (κ1) is 26.1. The molecule has 0 aliphatic rings. The first-order chi connectivity index (χ1) is 12.9. The molecule has 27 heavy (non-hydrogen) atoms. The topological polar surface area (TPSA) is 66.8 Å². The molecule has 0 amide bonds. The van der Waals surface area contributed by atoms with Gasteiger partial charge in [-0.05, 0) is 20.3 Å². The monoisotopic (exact) mass is 384 g/mol. The van der Waals surface area contributed by atoms with Crippen LogP contribution in [0.4, 0.5) is 0 Å². The second kappa shape index (κ2) is 17.2. The molecule has 160 valence electrons. The van der Waals surface area contributed by atoms with Crippen LogP contribution in [-0.2, 0) is 9.53 Å². The summed E-state index contributed by atoms with van der Waals surface area (Å²) in [6.07, 6.45) is 20.5. The predicted octanol–water partition coefficient (Wildman–Crippen LogP) is 6.40. The molecule has 0 aromatic heterocycles. The maximum atomic E-state index is 11.6. The van der Waals surface area contributed by atoms with Crippen molar-refractivity contribution in [3.63, 3.8) is 0 Å². The molecule has 0 saturated carbocycles. The van der Waals surface area contributed by atoms with Gasteiger partial charge in [-0.2, -0.15) is 0 Å². The summed E-state index contributed by atoms with van der Waals surface area (Å²) in [6, 6.07) is 0. The summed E-state index contributed by atoms with van der Waals surface area (Å²) in [5.74, 6) is -3.04. The number of carbonyl (C=O) groups excluding carboxylic acids is 1. The quantitative estimate of drug-likeness (QED) is 0.124. The van der Waals surface area contributed by atoms with Gasteiger partial charge in [-0.1, -0.05) is 102 Å². The van der Waals surface area contributed by atoms with Crippen LogP contribution in [0.1, 0.15) is 124 Å². The van der Waals surface area contributed by atoms with Gasteiger partial charge in [0.15, 0.2) is 0 Å². The molecule has 0 bridgehead atoms. The summed E-state index contributed by atoms with van der Waals surface area (Å²) in [5, 5.41) is 19.0. The van der Waals surface area contributed by atoms with Crippen LogP contribution in [0, 0.1) is 0 Å². The zero-order valence-corrected chi connectivity index (χ0v) is 18.1. The van der Waals surface area contributed by atoms with Crippen molar-refractivity contribution in [3.05, 3.63) is 11.6 Å². The molecule has 0 fully saturated rings. The van der Waals surface area contributed by atoms with Gasteiger partial charge in [-0.25, -0.2) is 0 Å². The molecule has 0 atom stereocenters. The molecule has 2 N–H and O–H groups in total. The molecule has 0 aromatic rings. The summed E-state index contributed by atoms with van der Waals surface area (Å²) >= 11 is 0. The van der Waals surface area contributed by atoms with E-state index in [0.717, 1.165) is 25.3 Å². The minimum Gasteiger partial charge on any atom is -0.405 e. The van der Waals surface area contributed by atoms with Crippen LogP contribution in [0.5, 0.6) is 0 Å². The molecule has 0 unspecified atom stereocenters. The van der Waals surface area contributed by atoms with E-state index in [1.165, 1.54) is 77.0 Å². The van der Waals surface area contributed by atoms with Crippen molar-refractivity contribution in [2.75, 3.05) is 0 Å². The van der Waals surface area contributed by atoms with Crippen LogP contribution in [-0.4, -0.2) is 22.2 Å². The summed E-state index contributed by atoms with van der Waals surface area (Å²) < 4.78 is 4.66. The van der Waals surface area contributed by atoms with Gasteiger partial charge in [-0.3, -0.25) is 4.79 Å².